The maximum atomic E-state index is 11.5. The molecule has 6 nitrogen and oxygen atoms in total. The second-order valence-electron chi connectivity index (χ2n) is 7.88. The van der Waals surface area contributed by atoms with Crippen molar-refractivity contribution in [2.24, 2.45) is 0 Å². The maximum absolute atomic E-state index is 11.5. The molecule has 0 aliphatic carbocycles. The second kappa shape index (κ2) is 8.83. The van der Waals surface area contributed by atoms with Crippen LogP contribution in [-0.2, 0) is 29.1 Å². The van der Waals surface area contributed by atoms with Gasteiger partial charge in [-0.3, -0.25) is 4.79 Å². The highest BCUT2D eigenvalue weighted by atomic mass is 16.5. The molecule has 4 rings (SSSR count). The number of aryl methyl sites for hydroxylation is 2. The van der Waals surface area contributed by atoms with Gasteiger partial charge < -0.3 is 19.1 Å². The zero-order valence-electron chi connectivity index (χ0n) is 17.9. The molecule has 1 aliphatic heterocycles. The Labute approximate surface area is 181 Å². The second-order valence-corrected chi connectivity index (χ2v) is 7.88. The van der Waals surface area contributed by atoms with Crippen LogP contribution in [0.15, 0.2) is 36.4 Å². The fourth-order valence-corrected chi connectivity index (χ4v) is 4.54. The lowest BCUT2D eigenvalue weighted by atomic mass is 9.96. The van der Waals surface area contributed by atoms with Crippen LogP contribution in [0.4, 0.5) is 0 Å². The summed E-state index contributed by atoms with van der Waals surface area (Å²) in [6.45, 7) is 5.68. The van der Waals surface area contributed by atoms with Gasteiger partial charge in [-0.1, -0.05) is 37.3 Å². The Hall–Kier alpha value is -3.30. The van der Waals surface area contributed by atoms with Gasteiger partial charge in [0.05, 0.1) is 35.9 Å². The molecule has 1 aliphatic rings. The molecule has 6 heteroatoms. The molecule has 160 valence electrons. The number of fused-ring (bicyclic) bond motifs is 3. The molecule has 0 radical (unpaired) electrons. The molecule has 0 amide bonds. The summed E-state index contributed by atoms with van der Waals surface area (Å²) in [7, 11) is 0. The minimum absolute atomic E-state index is 0.0919. The van der Waals surface area contributed by atoms with Gasteiger partial charge >= 0.3 is 5.97 Å². The van der Waals surface area contributed by atoms with E-state index >= 15 is 0 Å². The van der Waals surface area contributed by atoms with E-state index in [1.165, 1.54) is 0 Å². The molecular formula is C25H26N2O4. The van der Waals surface area contributed by atoms with Gasteiger partial charge in [-0.2, -0.15) is 5.26 Å². The van der Waals surface area contributed by atoms with E-state index in [1.807, 2.05) is 43.3 Å². The first-order valence-electron chi connectivity index (χ1n) is 10.6. The third kappa shape index (κ3) is 3.89. The maximum Gasteiger partial charge on any atom is 0.306 e. The molecule has 0 saturated carbocycles. The van der Waals surface area contributed by atoms with Gasteiger partial charge in [0.1, 0.15) is 18.5 Å². The van der Waals surface area contributed by atoms with E-state index in [1.54, 1.807) is 0 Å². The summed E-state index contributed by atoms with van der Waals surface area (Å²) in [5, 5.41) is 20.3. The first kappa shape index (κ1) is 21.0. The van der Waals surface area contributed by atoms with Gasteiger partial charge in [0.25, 0.3) is 0 Å². The zero-order valence-corrected chi connectivity index (χ0v) is 17.9. The molecule has 1 unspecified atom stereocenters. The third-order valence-corrected chi connectivity index (χ3v) is 5.82. The van der Waals surface area contributed by atoms with E-state index in [0.29, 0.717) is 30.9 Å². The van der Waals surface area contributed by atoms with Crippen LogP contribution >= 0.6 is 0 Å². The lowest BCUT2D eigenvalue weighted by molar-refractivity contribution is -0.140. The van der Waals surface area contributed by atoms with Crippen LogP contribution in [0.3, 0.4) is 0 Å². The number of hydrogen-bond acceptors (Lipinski definition) is 4. The van der Waals surface area contributed by atoms with Crippen LogP contribution in [0.5, 0.6) is 5.75 Å². The summed E-state index contributed by atoms with van der Waals surface area (Å²) in [6.07, 6.45) is 0.939. The number of hydrogen-bond donors (Lipinski definition) is 1. The van der Waals surface area contributed by atoms with Gasteiger partial charge in [-0.15, -0.1) is 0 Å². The van der Waals surface area contributed by atoms with Crippen molar-refractivity contribution in [3.8, 4) is 11.8 Å². The van der Waals surface area contributed by atoms with Crippen molar-refractivity contribution in [1.29, 1.82) is 5.26 Å². The summed E-state index contributed by atoms with van der Waals surface area (Å²) < 4.78 is 14.2. The molecule has 1 N–H and O–H groups in total. The number of nitriles is 1. The van der Waals surface area contributed by atoms with Crippen LogP contribution in [-0.4, -0.2) is 22.2 Å². The van der Waals surface area contributed by atoms with Crippen LogP contribution in [0, 0.1) is 18.3 Å². The fraction of sp³-hybridized carbons (Fsp3) is 0.360. The largest absolute Gasteiger partial charge is 0.489 e. The number of ether oxygens (including phenoxy) is 2. The normalized spacial score (nSPS) is 15.5. The quantitative estimate of drug-likeness (QED) is 0.590. The monoisotopic (exact) mass is 418 g/mol. The van der Waals surface area contributed by atoms with Crippen LogP contribution in [0.1, 0.15) is 53.8 Å². The minimum atomic E-state index is -0.893. The Balaban J connectivity index is 1.89. The highest BCUT2D eigenvalue weighted by Crippen LogP contribution is 2.42. The summed E-state index contributed by atoms with van der Waals surface area (Å²) >= 11 is 0. The average molecular weight is 418 g/mol. The number of aliphatic carboxylic acids is 1. The van der Waals surface area contributed by atoms with Crippen molar-refractivity contribution < 1.29 is 19.4 Å². The van der Waals surface area contributed by atoms with E-state index in [-0.39, 0.29) is 6.42 Å². The van der Waals surface area contributed by atoms with Gasteiger partial charge in [0, 0.05) is 17.5 Å². The average Bonchev–Trinajstić information content (AvgIpc) is 3.10. The van der Waals surface area contributed by atoms with E-state index in [4.69, 9.17) is 9.47 Å². The number of rotatable bonds is 7. The topological polar surface area (TPSA) is 84.5 Å². The van der Waals surface area contributed by atoms with E-state index < -0.39 is 12.1 Å². The summed E-state index contributed by atoms with van der Waals surface area (Å²) in [6, 6.07) is 14.1. The number of benzene rings is 2. The van der Waals surface area contributed by atoms with Crippen molar-refractivity contribution >= 4 is 16.9 Å². The molecule has 2 heterocycles. The van der Waals surface area contributed by atoms with Crippen molar-refractivity contribution in [2.75, 3.05) is 6.61 Å². The highest BCUT2D eigenvalue weighted by Gasteiger charge is 2.32. The molecule has 1 aromatic heterocycles. The number of nitrogens with zero attached hydrogens (tertiary/aromatic N) is 2. The van der Waals surface area contributed by atoms with Gasteiger partial charge in [-0.05, 0) is 37.0 Å². The molecule has 0 bridgehead atoms. The lowest BCUT2D eigenvalue weighted by Crippen LogP contribution is -2.21. The Morgan fingerprint density at radius 3 is 2.81 bits per heavy atom. The number of carboxylic acid groups (broad SMARTS) is 1. The highest BCUT2D eigenvalue weighted by molar-refractivity contribution is 5.95. The Morgan fingerprint density at radius 2 is 2.13 bits per heavy atom. The Morgan fingerprint density at radius 1 is 1.35 bits per heavy atom. The molecule has 0 fully saturated rings. The van der Waals surface area contributed by atoms with E-state index in [2.05, 4.69) is 17.6 Å². The SMILES string of the molecule is CCCn1c2c(c3c(C#N)cc(OCc4ccccc4)c(C)c31)CCOC2CC(=O)O. The zero-order chi connectivity index (χ0) is 22.0. The van der Waals surface area contributed by atoms with Crippen LogP contribution < -0.4 is 4.74 Å². The van der Waals surface area contributed by atoms with Gasteiger partial charge in [0.2, 0.25) is 0 Å². The number of aromatic nitrogens is 1. The van der Waals surface area contributed by atoms with Crippen LogP contribution in [0.2, 0.25) is 0 Å². The fourth-order valence-electron chi connectivity index (χ4n) is 4.54. The molecule has 0 saturated heterocycles. The van der Waals surface area contributed by atoms with Gasteiger partial charge in [-0.25, -0.2) is 0 Å². The Kier molecular flexibility index (Phi) is 5.97. The summed E-state index contributed by atoms with van der Waals surface area (Å²) in [4.78, 5) is 11.5. The van der Waals surface area contributed by atoms with Crippen LogP contribution in [0.25, 0.3) is 10.9 Å². The standard InChI is InChI=1S/C25H26N2O4/c1-3-10-27-24-16(2)20(31-15-17-7-5-4-6-8-17)12-18(14-26)23(24)19-9-11-30-21(25(19)27)13-22(28)29/h4-8,12,21H,3,9-11,13,15H2,1-2H3,(H,28,29). The number of carboxylic acids is 1. The number of carbonyl (C=O) groups is 1. The summed E-state index contributed by atoms with van der Waals surface area (Å²) in [5.74, 6) is -0.217. The Bertz CT molecular complexity index is 1160. The predicted octanol–water partition coefficient (Wildman–Crippen LogP) is 4.90. The lowest BCUT2D eigenvalue weighted by Gasteiger charge is -2.25. The molecule has 1 atom stereocenters. The smallest absolute Gasteiger partial charge is 0.306 e. The van der Waals surface area contributed by atoms with Crippen molar-refractivity contribution in [3.63, 3.8) is 0 Å². The molecular weight excluding hydrogens is 392 g/mol. The van der Waals surface area contributed by atoms with Crippen molar-refractivity contribution in [1.82, 2.24) is 4.57 Å². The minimum Gasteiger partial charge on any atom is -0.489 e. The third-order valence-electron chi connectivity index (χ3n) is 5.82. The first-order valence-corrected chi connectivity index (χ1v) is 10.6. The summed E-state index contributed by atoms with van der Waals surface area (Å²) in [5.41, 5.74) is 5.46. The van der Waals surface area contributed by atoms with Crippen molar-refractivity contribution in [2.45, 2.75) is 52.4 Å². The van der Waals surface area contributed by atoms with Crippen molar-refractivity contribution in [3.05, 3.63) is 64.3 Å². The van der Waals surface area contributed by atoms with E-state index in [0.717, 1.165) is 46.3 Å². The van der Waals surface area contributed by atoms with E-state index in [9.17, 15) is 15.2 Å². The molecule has 3 aromatic rings. The van der Waals surface area contributed by atoms with Gasteiger partial charge in [0.15, 0.2) is 0 Å². The first-order chi connectivity index (χ1) is 15.0. The predicted molar refractivity (Wildman–Crippen MR) is 117 cm³/mol. The molecule has 0 spiro atoms. The molecule has 2 aromatic carbocycles. The molecule has 31 heavy (non-hydrogen) atoms.